The number of rotatable bonds is 5. The highest BCUT2D eigenvalue weighted by Crippen LogP contribution is 2.65. The van der Waals surface area contributed by atoms with E-state index in [9.17, 15) is 19.2 Å². The third-order valence-corrected chi connectivity index (χ3v) is 8.73. The van der Waals surface area contributed by atoms with Gasteiger partial charge in [-0.15, -0.1) is 0 Å². The van der Waals surface area contributed by atoms with Crippen molar-refractivity contribution in [3.63, 3.8) is 0 Å². The molecule has 7 rings (SSSR count). The van der Waals surface area contributed by atoms with Gasteiger partial charge in [0.15, 0.2) is 5.78 Å². The first-order chi connectivity index (χ1) is 16.8. The van der Waals surface area contributed by atoms with Gasteiger partial charge in [-0.3, -0.25) is 19.2 Å². The first-order valence-electron chi connectivity index (χ1n) is 11.4. The Morgan fingerprint density at radius 2 is 1.40 bits per heavy atom. The number of carbonyl (C=O) groups excluding carboxylic acids is 4. The molecule has 178 valence electrons. The lowest BCUT2D eigenvalue weighted by Gasteiger charge is -2.37. The number of halogens is 3. The minimum Gasteiger partial charge on any atom is -0.292 e. The van der Waals surface area contributed by atoms with Gasteiger partial charge < -0.3 is 0 Å². The van der Waals surface area contributed by atoms with E-state index in [1.54, 1.807) is 12.1 Å². The quantitative estimate of drug-likeness (QED) is 0.312. The second-order valence-electron chi connectivity index (χ2n) is 9.56. The van der Waals surface area contributed by atoms with Crippen LogP contribution < -0.4 is 0 Å². The van der Waals surface area contributed by atoms with Crippen molar-refractivity contribution in [1.29, 1.82) is 0 Å². The second kappa shape index (κ2) is 8.19. The Hall–Kier alpha value is -2.67. The topological polar surface area (TPSA) is 74.8 Å². The summed E-state index contributed by atoms with van der Waals surface area (Å²) in [4.78, 5) is 54.1. The molecule has 2 saturated carbocycles. The summed E-state index contributed by atoms with van der Waals surface area (Å²) < 4.78 is 0. The van der Waals surface area contributed by atoms with Crippen molar-refractivity contribution < 1.29 is 19.2 Å². The number of amides is 3. The molecule has 6 nitrogen and oxygen atoms in total. The third kappa shape index (κ3) is 3.53. The van der Waals surface area contributed by atoms with Crippen molar-refractivity contribution in [2.45, 2.75) is 6.42 Å². The summed E-state index contributed by atoms with van der Waals surface area (Å²) in [5.41, 5.74) is 0.420. The number of hydrogen-bond acceptors (Lipinski definition) is 4. The maximum atomic E-state index is 13.7. The van der Waals surface area contributed by atoms with Crippen LogP contribution in [0.15, 0.2) is 54.6 Å². The molecule has 3 amide bonds. The lowest BCUT2D eigenvalue weighted by Crippen LogP contribution is -2.52. The molecule has 0 N–H and O–H groups in total. The average Bonchev–Trinajstić information content (AvgIpc) is 3.63. The van der Waals surface area contributed by atoms with Crippen LogP contribution in [0.4, 0.5) is 0 Å². The van der Waals surface area contributed by atoms with Crippen LogP contribution in [0.5, 0.6) is 0 Å². The highest BCUT2D eigenvalue weighted by molar-refractivity contribution is 6.42. The molecule has 4 aliphatic carbocycles. The SMILES string of the molecule is O=C(CN(C(=O)c1ccc(Cl)c(Cl)c1)N1C(=O)[C@@H]2[C@H]3C=C[C@@H]([C@@H]4C[C@@H]34)[C@H]2C1=O)c1ccc(Cl)cc1. The summed E-state index contributed by atoms with van der Waals surface area (Å²) >= 11 is 18.1. The number of benzene rings is 2. The fourth-order valence-corrected chi connectivity index (χ4v) is 6.48. The molecule has 5 aliphatic rings. The second-order valence-corrected chi connectivity index (χ2v) is 10.8. The van der Waals surface area contributed by atoms with E-state index in [0.29, 0.717) is 22.4 Å². The summed E-state index contributed by atoms with van der Waals surface area (Å²) in [6.45, 7) is -0.493. The zero-order valence-corrected chi connectivity index (χ0v) is 20.5. The van der Waals surface area contributed by atoms with Crippen molar-refractivity contribution in [3.8, 4) is 0 Å². The Labute approximate surface area is 216 Å². The summed E-state index contributed by atoms with van der Waals surface area (Å²) in [5.74, 6) is -2.17. The summed E-state index contributed by atoms with van der Waals surface area (Å²) in [5, 5.41) is 2.74. The summed E-state index contributed by atoms with van der Waals surface area (Å²) in [6.07, 6.45) is 5.13. The fraction of sp³-hybridized carbons (Fsp3) is 0.308. The number of imide groups is 1. The zero-order valence-electron chi connectivity index (χ0n) is 18.2. The number of ketones is 1. The number of carbonyl (C=O) groups is 4. The molecular weight excluding hydrogens is 511 g/mol. The Balaban J connectivity index is 1.37. The molecule has 9 heteroatoms. The average molecular weight is 530 g/mol. The van der Waals surface area contributed by atoms with Crippen LogP contribution in [0.1, 0.15) is 27.1 Å². The first kappa shape index (κ1) is 22.8. The maximum absolute atomic E-state index is 13.7. The van der Waals surface area contributed by atoms with Crippen molar-refractivity contribution in [2.24, 2.45) is 35.5 Å². The minimum absolute atomic E-state index is 0.00894. The number of hydrazine groups is 1. The van der Waals surface area contributed by atoms with E-state index in [0.717, 1.165) is 16.4 Å². The monoisotopic (exact) mass is 528 g/mol. The van der Waals surface area contributed by atoms with Crippen LogP contribution in [0.25, 0.3) is 0 Å². The van der Waals surface area contributed by atoms with Gasteiger partial charge in [-0.2, -0.15) is 5.01 Å². The van der Waals surface area contributed by atoms with Gasteiger partial charge in [0.2, 0.25) is 0 Å². The highest BCUT2D eigenvalue weighted by Gasteiger charge is 2.68. The summed E-state index contributed by atoms with van der Waals surface area (Å²) in [7, 11) is 0. The molecular formula is C26H19Cl3N2O4. The standard InChI is InChI=1S/C26H19Cl3N2O4/c27-14-4-1-12(2-5-14)21(32)11-30(24(33)13-3-8-19(28)20(29)9-13)31-25(34)22-15-6-7-16(18-10-17(15)18)23(22)26(31)35/h1-9,15-18,22-23H,10-11H2/t15-,16-,17-,18-,22+,23+/m0/s1. The molecule has 0 radical (unpaired) electrons. The Kier molecular flexibility index (Phi) is 5.33. The molecule has 0 unspecified atom stereocenters. The smallest absolute Gasteiger partial charge is 0.273 e. The zero-order chi connectivity index (χ0) is 24.6. The molecule has 35 heavy (non-hydrogen) atoms. The lowest BCUT2D eigenvalue weighted by molar-refractivity contribution is -0.154. The van der Waals surface area contributed by atoms with E-state index in [-0.39, 0.29) is 27.4 Å². The molecule has 2 aromatic carbocycles. The van der Waals surface area contributed by atoms with Crippen LogP contribution in [0.2, 0.25) is 15.1 Å². The van der Waals surface area contributed by atoms with Crippen molar-refractivity contribution in [1.82, 2.24) is 10.0 Å². The van der Waals surface area contributed by atoms with Crippen molar-refractivity contribution in [2.75, 3.05) is 6.54 Å². The minimum atomic E-state index is -0.684. The van der Waals surface area contributed by atoms with E-state index in [4.69, 9.17) is 34.8 Å². The largest absolute Gasteiger partial charge is 0.292 e. The van der Waals surface area contributed by atoms with E-state index in [2.05, 4.69) is 12.2 Å². The normalized spacial score (nSPS) is 29.7. The molecule has 2 bridgehead atoms. The van der Waals surface area contributed by atoms with Gasteiger partial charge in [-0.05, 0) is 72.6 Å². The molecule has 6 atom stereocenters. The van der Waals surface area contributed by atoms with E-state index in [1.807, 2.05) is 0 Å². The first-order valence-corrected chi connectivity index (χ1v) is 12.5. The molecule has 0 spiro atoms. The van der Waals surface area contributed by atoms with Crippen LogP contribution in [0.3, 0.4) is 0 Å². The molecule has 2 aromatic rings. The molecule has 1 aliphatic heterocycles. The van der Waals surface area contributed by atoms with Crippen molar-refractivity contribution in [3.05, 3.63) is 80.8 Å². The van der Waals surface area contributed by atoms with Crippen LogP contribution in [-0.2, 0) is 9.59 Å². The van der Waals surface area contributed by atoms with Gasteiger partial charge in [0.05, 0.1) is 21.9 Å². The maximum Gasteiger partial charge on any atom is 0.273 e. The number of allylic oxidation sites excluding steroid dienone is 2. The van der Waals surface area contributed by atoms with Gasteiger partial charge in [0, 0.05) is 16.1 Å². The lowest BCUT2D eigenvalue weighted by atomic mass is 9.63. The summed E-state index contributed by atoms with van der Waals surface area (Å²) in [6, 6.07) is 10.5. The third-order valence-electron chi connectivity index (χ3n) is 7.74. The predicted octanol–water partition coefficient (Wildman–Crippen LogP) is 4.94. The van der Waals surface area contributed by atoms with Gasteiger partial charge in [0.1, 0.15) is 6.54 Å². The van der Waals surface area contributed by atoms with Crippen LogP contribution >= 0.6 is 34.8 Å². The molecule has 0 aromatic heterocycles. The van der Waals surface area contributed by atoms with Crippen molar-refractivity contribution >= 4 is 58.3 Å². The molecule has 1 saturated heterocycles. The van der Waals surface area contributed by atoms with Gasteiger partial charge in [-0.1, -0.05) is 47.0 Å². The van der Waals surface area contributed by atoms with E-state index in [1.165, 1.54) is 30.3 Å². The molecule has 1 heterocycles. The number of hydrogen-bond donors (Lipinski definition) is 0. The predicted molar refractivity (Wildman–Crippen MR) is 130 cm³/mol. The number of nitrogens with zero attached hydrogens (tertiary/aromatic N) is 2. The van der Waals surface area contributed by atoms with Gasteiger partial charge >= 0.3 is 0 Å². The highest BCUT2D eigenvalue weighted by atomic mass is 35.5. The fourth-order valence-electron chi connectivity index (χ4n) is 6.05. The molecule has 3 fully saturated rings. The Morgan fingerprint density at radius 3 is 1.97 bits per heavy atom. The van der Waals surface area contributed by atoms with Crippen LogP contribution in [0, 0.1) is 35.5 Å². The van der Waals surface area contributed by atoms with E-state index < -0.39 is 41.9 Å². The van der Waals surface area contributed by atoms with E-state index >= 15 is 0 Å². The Bertz CT molecular complexity index is 1290. The van der Waals surface area contributed by atoms with Gasteiger partial charge in [0.25, 0.3) is 17.7 Å². The van der Waals surface area contributed by atoms with Gasteiger partial charge in [-0.25, -0.2) is 5.01 Å². The number of Topliss-reactive ketones (excluding diaryl/α,β-unsaturated/α-hetero) is 1. The Morgan fingerprint density at radius 1 is 0.829 bits per heavy atom. The van der Waals surface area contributed by atoms with Crippen LogP contribution in [-0.4, -0.2) is 40.1 Å².